The second-order valence-electron chi connectivity index (χ2n) is 6.77. The van der Waals surface area contributed by atoms with Gasteiger partial charge in [-0.3, -0.25) is 4.79 Å². The van der Waals surface area contributed by atoms with Gasteiger partial charge in [-0.2, -0.15) is 0 Å². The van der Waals surface area contributed by atoms with E-state index in [9.17, 15) is 4.79 Å². The first-order chi connectivity index (χ1) is 13.8. The maximum atomic E-state index is 13.6. The van der Waals surface area contributed by atoms with Gasteiger partial charge >= 0.3 is 5.97 Å². The summed E-state index contributed by atoms with van der Waals surface area (Å²) >= 11 is 0. The van der Waals surface area contributed by atoms with Gasteiger partial charge < -0.3 is 9.84 Å². The molecule has 0 aromatic heterocycles. The van der Waals surface area contributed by atoms with Gasteiger partial charge in [0, 0.05) is 6.61 Å². The number of hydrogen-bond donors (Lipinski definition) is 1. The van der Waals surface area contributed by atoms with E-state index in [-0.39, 0.29) is 12.6 Å². The van der Waals surface area contributed by atoms with Crippen LogP contribution in [0.3, 0.4) is 0 Å². The lowest BCUT2D eigenvalue weighted by molar-refractivity contribution is -0.147. The summed E-state index contributed by atoms with van der Waals surface area (Å²) in [7, 11) is 0. The van der Waals surface area contributed by atoms with E-state index < -0.39 is 5.41 Å². The van der Waals surface area contributed by atoms with Crippen molar-refractivity contribution in [3.8, 4) is 0 Å². The molecule has 0 heterocycles. The monoisotopic (exact) mass is 374 g/mol. The lowest BCUT2D eigenvalue weighted by Crippen LogP contribution is -2.40. The minimum atomic E-state index is -1.03. The van der Waals surface area contributed by atoms with Gasteiger partial charge in [-0.25, -0.2) is 0 Å². The van der Waals surface area contributed by atoms with Crippen LogP contribution in [0.2, 0.25) is 0 Å². The molecule has 1 N–H and O–H groups in total. The first-order valence-electron chi connectivity index (χ1n) is 9.75. The minimum absolute atomic E-state index is 0.163. The molecule has 3 aromatic carbocycles. The molecule has 0 amide bonds. The Balaban J connectivity index is 2.08. The molecule has 0 bridgehead atoms. The van der Waals surface area contributed by atoms with E-state index in [2.05, 4.69) is 0 Å². The van der Waals surface area contributed by atoms with Crippen molar-refractivity contribution in [2.24, 2.45) is 0 Å². The summed E-state index contributed by atoms with van der Waals surface area (Å²) in [6.07, 6.45) is 2.29. The fourth-order valence-electron chi connectivity index (χ4n) is 3.58. The molecule has 0 saturated heterocycles. The summed E-state index contributed by atoms with van der Waals surface area (Å²) in [5, 5.41) is 8.94. The normalized spacial score (nSPS) is 11.2. The first kappa shape index (κ1) is 19.8. The third kappa shape index (κ3) is 4.15. The molecule has 3 heteroatoms. The number of hydrogen-bond acceptors (Lipinski definition) is 3. The van der Waals surface area contributed by atoms with Crippen molar-refractivity contribution < 1.29 is 14.6 Å². The topological polar surface area (TPSA) is 46.5 Å². The standard InChI is InChI=1S/C25H26O3/c26-19-11-4-12-20-28-24(27)25(21-13-5-1-6-14-21,22-15-7-2-8-16-22)23-17-9-3-10-18-23/h1-3,5-10,13-18,26H,4,11-12,19-20H2. The molecule has 3 nitrogen and oxygen atoms in total. The Morgan fingerprint density at radius 3 is 1.50 bits per heavy atom. The first-order valence-corrected chi connectivity index (χ1v) is 9.75. The Hall–Kier alpha value is -2.91. The third-order valence-corrected chi connectivity index (χ3v) is 4.96. The predicted molar refractivity (Wildman–Crippen MR) is 111 cm³/mol. The fourth-order valence-corrected chi connectivity index (χ4v) is 3.58. The molecular weight excluding hydrogens is 348 g/mol. The highest BCUT2D eigenvalue weighted by molar-refractivity contribution is 5.92. The molecular formula is C25H26O3. The van der Waals surface area contributed by atoms with E-state index >= 15 is 0 Å². The van der Waals surface area contributed by atoms with Crippen LogP contribution in [0.1, 0.15) is 36.0 Å². The maximum Gasteiger partial charge on any atom is 0.325 e. The second-order valence-corrected chi connectivity index (χ2v) is 6.77. The van der Waals surface area contributed by atoms with Crippen LogP contribution in [-0.2, 0) is 14.9 Å². The van der Waals surface area contributed by atoms with Gasteiger partial charge in [0.2, 0.25) is 0 Å². The zero-order chi connectivity index (χ0) is 19.7. The van der Waals surface area contributed by atoms with Crippen LogP contribution in [0.4, 0.5) is 0 Å². The lowest BCUT2D eigenvalue weighted by atomic mass is 9.69. The molecule has 0 fully saturated rings. The molecule has 3 rings (SSSR count). The van der Waals surface area contributed by atoms with Gasteiger partial charge in [0.15, 0.2) is 0 Å². The Morgan fingerprint density at radius 2 is 1.11 bits per heavy atom. The molecule has 3 aromatic rings. The SMILES string of the molecule is O=C(OCCCCCO)C(c1ccccc1)(c1ccccc1)c1ccccc1. The van der Waals surface area contributed by atoms with Crippen molar-refractivity contribution in [1.29, 1.82) is 0 Å². The van der Waals surface area contributed by atoms with Crippen molar-refractivity contribution in [2.75, 3.05) is 13.2 Å². The van der Waals surface area contributed by atoms with Gasteiger partial charge in [0.05, 0.1) is 6.61 Å². The van der Waals surface area contributed by atoms with Gasteiger partial charge in [0.1, 0.15) is 5.41 Å². The number of ether oxygens (including phenoxy) is 1. The van der Waals surface area contributed by atoms with Crippen LogP contribution in [0.15, 0.2) is 91.0 Å². The summed E-state index contributed by atoms with van der Waals surface area (Å²) < 4.78 is 5.80. The zero-order valence-corrected chi connectivity index (χ0v) is 16.0. The largest absolute Gasteiger partial charge is 0.465 e. The molecule has 28 heavy (non-hydrogen) atoms. The van der Waals surface area contributed by atoms with Crippen LogP contribution in [0.5, 0.6) is 0 Å². The van der Waals surface area contributed by atoms with Gasteiger partial charge in [0.25, 0.3) is 0 Å². The third-order valence-electron chi connectivity index (χ3n) is 4.96. The number of carbonyl (C=O) groups is 1. The minimum Gasteiger partial charge on any atom is -0.465 e. The van der Waals surface area contributed by atoms with E-state index in [1.54, 1.807) is 0 Å². The average molecular weight is 374 g/mol. The predicted octanol–water partition coefficient (Wildman–Crippen LogP) is 4.73. The molecule has 0 aliphatic rings. The Bertz CT molecular complexity index is 748. The van der Waals surface area contributed by atoms with Crippen molar-refractivity contribution in [1.82, 2.24) is 0 Å². The number of aliphatic hydroxyl groups excluding tert-OH is 1. The maximum absolute atomic E-state index is 13.6. The fraction of sp³-hybridized carbons (Fsp3) is 0.240. The van der Waals surface area contributed by atoms with Crippen LogP contribution >= 0.6 is 0 Å². The number of esters is 1. The number of aliphatic hydroxyl groups is 1. The van der Waals surface area contributed by atoms with Crippen molar-refractivity contribution in [2.45, 2.75) is 24.7 Å². The molecule has 0 saturated carbocycles. The van der Waals surface area contributed by atoms with Gasteiger partial charge in [-0.15, -0.1) is 0 Å². The van der Waals surface area contributed by atoms with Crippen LogP contribution in [0.25, 0.3) is 0 Å². The molecule has 0 radical (unpaired) electrons. The van der Waals surface area contributed by atoms with Crippen LogP contribution in [-0.4, -0.2) is 24.3 Å². The molecule has 144 valence electrons. The number of unbranched alkanes of at least 4 members (excludes halogenated alkanes) is 2. The smallest absolute Gasteiger partial charge is 0.325 e. The highest BCUT2D eigenvalue weighted by Crippen LogP contribution is 2.40. The number of carbonyl (C=O) groups excluding carboxylic acids is 1. The van der Waals surface area contributed by atoms with Crippen molar-refractivity contribution in [3.05, 3.63) is 108 Å². The van der Waals surface area contributed by atoms with Crippen molar-refractivity contribution in [3.63, 3.8) is 0 Å². The van der Waals surface area contributed by atoms with E-state index in [1.165, 1.54) is 0 Å². The lowest BCUT2D eigenvalue weighted by Gasteiger charge is -2.33. The van der Waals surface area contributed by atoms with E-state index in [4.69, 9.17) is 9.84 Å². The molecule has 0 unspecified atom stereocenters. The molecule has 0 aliphatic carbocycles. The quantitative estimate of drug-likeness (QED) is 0.335. The summed E-state index contributed by atoms with van der Waals surface area (Å²) in [4.78, 5) is 13.6. The summed E-state index contributed by atoms with van der Waals surface area (Å²) in [5.74, 6) is -0.278. The Labute approximate surface area is 166 Å². The van der Waals surface area contributed by atoms with Gasteiger partial charge in [-0.05, 0) is 36.0 Å². The summed E-state index contributed by atoms with van der Waals surface area (Å²) in [5.41, 5.74) is 1.62. The average Bonchev–Trinajstić information content (AvgIpc) is 2.76. The second kappa shape index (κ2) is 9.86. The molecule has 0 atom stereocenters. The van der Waals surface area contributed by atoms with E-state index in [1.807, 2.05) is 91.0 Å². The Morgan fingerprint density at radius 1 is 0.679 bits per heavy atom. The van der Waals surface area contributed by atoms with E-state index in [0.29, 0.717) is 6.61 Å². The van der Waals surface area contributed by atoms with E-state index in [0.717, 1.165) is 36.0 Å². The summed E-state index contributed by atoms with van der Waals surface area (Å²) in [6, 6.07) is 29.4. The Kier molecular flexibility index (Phi) is 6.99. The number of rotatable bonds is 9. The molecule has 0 spiro atoms. The highest BCUT2D eigenvalue weighted by atomic mass is 16.5. The van der Waals surface area contributed by atoms with Crippen LogP contribution < -0.4 is 0 Å². The van der Waals surface area contributed by atoms with Crippen molar-refractivity contribution >= 4 is 5.97 Å². The highest BCUT2D eigenvalue weighted by Gasteiger charge is 2.45. The number of benzene rings is 3. The zero-order valence-electron chi connectivity index (χ0n) is 16.0. The molecule has 0 aliphatic heterocycles. The summed E-state index contributed by atoms with van der Waals surface area (Å²) in [6.45, 7) is 0.503. The van der Waals surface area contributed by atoms with Gasteiger partial charge in [-0.1, -0.05) is 91.0 Å². The van der Waals surface area contributed by atoms with Crippen LogP contribution in [0, 0.1) is 0 Å².